The number of thiophene rings is 1. The molecule has 1 saturated heterocycles. The second-order valence-electron chi connectivity index (χ2n) is 4.97. The van der Waals surface area contributed by atoms with E-state index in [1.807, 2.05) is 28.5 Å². The van der Waals surface area contributed by atoms with Crippen LogP contribution < -0.4 is 0 Å². The Balaban J connectivity index is 1.74. The second kappa shape index (κ2) is 6.24. The number of halogens is 1. The summed E-state index contributed by atoms with van der Waals surface area (Å²) in [6, 6.07) is 8.14. The third kappa shape index (κ3) is 2.75. The first-order valence-electron chi connectivity index (χ1n) is 6.83. The summed E-state index contributed by atoms with van der Waals surface area (Å²) in [5, 5.41) is 4.08. The van der Waals surface area contributed by atoms with E-state index in [-0.39, 0.29) is 5.91 Å². The number of hydrogen-bond donors (Lipinski definition) is 0. The van der Waals surface area contributed by atoms with Gasteiger partial charge in [-0.15, -0.1) is 11.3 Å². The summed E-state index contributed by atoms with van der Waals surface area (Å²) in [4.78, 5) is 17.0. The third-order valence-corrected chi connectivity index (χ3v) is 5.09. The fourth-order valence-electron chi connectivity index (χ4n) is 2.61. The number of carbonyl (C=O) groups excluding carboxylic acids is 1. The summed E-state index contributed by atoms with van der Waals surface area (Å²) < 4.78 is 1.19. The van der Waals surface area contributed by atoms with Crippen molar-refractivity contribution in [1.29, 1.82) is 0 Å². The number of hydrogen-bond acceptors (Lipinski definition) is 3. The number of carbonyl (C=O) groups is 1. The summed E-state index contributed by atoms with van der Waals surface area (Å²) in [5.74, 6) is 0.181. The predicted octanol–water partition coefficient (Wildman–Crippen LogP) is 3.05. The molecule has 1 aliphatic heterocycles. The molecule has 5 heteroatoms. The average molecular weight is 353 g/mol. The SMILES string of the molecule is O=C(c1csc2ccccc12)N1CCN(CCBr)CC1. The monoisotopic (exact) mass is 352 g/mol. The van der Waals surface area contributed by atoms with Crippen molar-refractivity contribution in [1.82, 2.24) is 9.80 Å². The lowest BCUT2D eigenvalue weighted by Gasteiger charge is -2.34. The van der Waals surface area contributed by atoms with Gasteiger partial charge in [0, 0.05) is 53.5 Å². The van der Waals surface area contributed by atoms with Crippen LogP contribution in [0.3, 0.4) is 0 Å². The van der Waals surface area contributed by atoms with Crippen LogP contribution in [0.1, 0.15) is 10.4 Å². The summed E-state index contributed by atoms with van der Waals surface area (Å²) in [6.07, 6.45) is 0. The highest BCUT2D eigenvalue weighted by atomic mass is 79.9. The molecule has 0 unspecified atom stereocenters. The normalized spacial score (nSPS) is 16.8. The molecule has 1 aliphatic rings. The van der Waals surface area contributed by atoms with Crippen LogP contribution in [0, 0.1) is 0 Å². The average Bonchev–Trinajstić information content (AvgIpc) is 2.92. The Kier molecular flexibility index (Phi) is 4.38. The molecule has 1 fully saturated rings. The molecule has 0 radical (unpaired) electrons. The van der Waals surface area contributed by atoms with Gasteiger partial charge in [0.15, 0.2) is 0 Å². The maximum absolute atomic E-state index is 12.6. The smallest absolute Gasteiger partial charge is 0.255 e. The van der Waals surface area contributed by atoms with Gasteiger partial charge in [-0.3, -0.25) is 9.69 Å². The molecule has 0 saturated carbocycles. The molecule has 20 heavy (non-hydrogen) atoms. The molecule has 1 aromatic carbocycles. The maximum Gasteiger partial charge on any atom is 0.255 e. The Bertz CT molecular complexity index is 605. The topological polar surface area (TPSA) is 23.6 Å². The van der Waals surface area contributed by atoms with Crippen molar-refractivity contribution in [3.05, 3.63) is 35.2 Å². The van der Waals surface area contributed by atoms with Crippen molar-refractivity contribution >= 4 is 43.3 Å². The fraction of sp³-hybridized carbons (Fsp3) is 0.400. The molecule has 0 aliphatic carbocycles. The molecule has 106 valence electrons. The van der Waals surface area contributed by atoms with Crippen molar-refractivity contribution in [2.24, 2.45) is 0 Å². The maximum atomic E-state index is 12.6. The first-order chi connectivity index (χ1) is 9.79. The zero-order valence-electron chi connectivity index (χ0n) is 11.2. The number of amides is 1. The Morgan fingerprint density at radius 1 is 1.20 bits per heavy atom. The highest BCUT2D eigenvalue weighted by Crippen LogP contribution is 2.26. The Hall–Kier alpha value is -0.910. The fourth-order valence-corrected chi connectivity index (χ4v) is 4.04. The van der Waals surface area contributed by atoms with E-state index in [0.29, 0.717) is 0 Å². The molecule has 0 N–H and O–H groups in total. The first kappa shape index (κ1) is 14.0. The highest BCUT2D eigenvalue weighted by molar-refractivity contribution is 9.09. The number of rotatable bonds is 3. The van der Waals surface area contributed by atoms with E-state index < -0.39 is 0 Å². The lowest BCUT2D eigenvalue weighted by molar-refractivity contribution is 0.0647. The van der Waals surface area contributed by atoms with Crippen molar-refractivity contribution in [2.75, 3.05) is 38.1 Å². The molecular weight excluding hydrogens is 336 g/mol. The van der Waals surface area contributed by atoms with Gasteiger partial charge in [-0.2, -0.15) is 0 Å². The van der Waals surface area contributed by atoms with E-state index in [1.165, 1.54) is 4.70 Å². The van der Waals surface area contributed by atoms with Gasteiger partial charge in [0.2, 0.25) is 0 Å². The lowest BCUT2D eigenvalue weighted by atomic mass is 10.1. The van der Waals surface area contributed by atoms with Crippen LogP contribution in [-0.2, 0) is 0 Å². The van der Waals surface area contributed by atoms with Crippen molar-refractivity contribution in [3.8, 4) is 0 Å². The lowest BCUT2D eigenvalue weighted by Crippen LogP contribution is -2.49. The van der Waals surface area contributed by atoms with Crippen LogP contribution in [0.5, 0.6) is 0 Å². The summed E-state index contributed by atoms with van der Waals surface area (Å²) >= 11 is 5.12. The van der Waals surface area contributed by atoms with Crippen LogP contribution in [0.2, 0.25) is 0 Å². The molecule has 2 aromatic rings. The van der Waals surface area contributed by atoms with E-state index in [1.54, 1.807) is 11.3 Å². The van der Waals surface area contributed by atoms with E-state index in [2.05, 4.69) is 26.9 Å². The quantitative estimate of drug-likeness (QED) is 0.792. The first-order valence-corrected chi connectivity index (χ1v) is 8.83. The summed E-state index contributed by atoms with van der Waals surface area (Å²) in [5.41, 5.74) is 0.861. The zero-order valence-corrected chi connectivity index (χ0v) is 13.6. The molecule has 1 amide bonds. The van der Waals surface area contributed by atoms with Crippen LogP contribution in [0.15, 0.2) is 29.6 Å². The number of piperazine rings is 1. The van der Waals surface area contributed by atoms with Crippen molar-refractivity contribution in [2.45, 2.75) is 0 Å². The van der Waals surface area contributed by atoms with Crippen molar-refractivity contribution < 1.29 is 4.79 Å². The molecule has 0 bridgehead atoms. The van der Waals surface area contributed by atoms with Gasteiger partial charge < -0.3 is 4.90 Å². The van der Waals surface area contributed by atoms with Gasteiger partial charge in [0.25, 0.3) is 5.91 Å². The Morgan fingerprint density at radius 2 is 1.95 bits per heavy atom. The molecule has 3 rings (SSSR count). The molecule has 0 atom stereocenters. The van der Waals surface area contributed by atoms with Crippen LogP contribution in [0.25, 0.3) is 10.1 Å². The summed E-state index contributed by atoms with van der Waals surface area (Å²) in [7, 11) is 0. The van der Waals surface area contributed by atoms with Gasteiger partial charge in [-0.05, 0) is 6.07 Å². The minimum absolute atomic E-state index is 0.181. The number of alkyl halides is 1. The minimum Gasteiger partial charge on any atom is -0.336 e. The van der Waals surface area contributed by atoms with Crippen LogP contribution >= 0.6 is 27.3 Å². The standard InChI is InChI=1S/C15H17BrN2OS/c16-5-6-17-7-9-18(10-8-17)15(19)13-11-20-14-4-2-1-3-12(13)14/h1-4,11H,5-10H2. The predicted molar refractivity (Wildman–Crippen MR) is 88.0 cm³/mol. The van der Waals surface area contributed by atoms with Gasteiger partial charge in [0.1, 0.15) is 0 Å². The van der Waals surface area contributed by atoms with Crippen LogP contribution in [0.4, 0.5) is 0 Å². The minimum atomic E-state index is 0.181. The van der Waals surface area contributed by atoms with Gasteiger partial charge in [-0.1, -0.05) is 34.1 Å². The number of fused-ring (bicyclic) bond motifs is 1. The largest absolute Gasteiger partial charge is 0.336 e. The van der Waals surface area contributed by atoms with Gasteiger partial charge in [0.05, 0.1) is 5.56 Å². The van der Waals surface area contributed by atoms with Gasteiger partial charge >= 0.3 is 0 Å². The molecule has 3 nitrogen and oxygen atoms in total. The second-order valence-corrected chi connectivity index (χ2v) is 6.67. The molecular formula is C15H17BrN2OS. The van der Waals surface area contributed by atoms with Gasteiger partial charge in [-0.25, -0.2) is 0 Å². The third-order valence-electron chi connectivity index (χ3n) is 3.77. The van der Waals surface area contributed by atoms with E-state index in [9.17, 15) is 4.79 Å². The number of benzene rings is 1. The highest BCUT2D eigenvalue weighted by Gasteiger charge is 2.23. The zero-order chi connectivity index (χ0) is 13.9. The Morgan fingerprint density at radius 3 is 2.70 bits per heavy atom. The molecule has 1 aromatic heterocycles. The van der Waals surface area contributed by atoms with E-state index in [0.717, 1.165) is 49.0 Å². The van der Waals surface area contributed by atoms with Crippen LogP contribution in [-0.4, -0.2) is 53.8 Å². The van der Waals surface area contributed by atoms with E-state index >= 15 is 0 Å². The van der Waals surface area contributed by atoms with E-state index in [4.69, 9.17) is 0 Å². The number of nitrogens with zero attached hydrogens (tertiary/aromatic N) is 2. The molecule has 0 spiro atoms. The Labute approximate surface area is 131 Å². The summed E-state index contributed by atoms with van der Waals surface area (Å²) in [6.45, 7) is 4.66. The van der Waals surface area contributed by atoms with Crippen molar-refractivity contribution in [3.63, 3.8) is 0 Å². The molecule has 2 heterocycles.